The number of aliphatic hydroxyl groups is 1. The molecule has 0 radical (unpaired) electrons. The summed E-state index contributed by atoms with van der Waals surface area (Å²) in [6.07, 6.45) is 8.25. The van der Waals surface area contributed by atoms with E-state index in [0.717, 1.165) is 12.8 Å². The quantitative estimate of drug-likeness (QED) is 0.421. The highest BCUT2D eigenvalue weighted by Gasteiger charge is 2.18. The first-order valence-corrected chi connectivity index (χ1v) is 9.15. The molecule has 0 fully saturated rings. The standard InChI is InChI=1S/C18H36O5/c1-4-6-7-8-9-11-16(5-2)22-13-10-12-17(18(20)21)23-14-15(3)19/h15-17,19H,4-14H2,1-3H3,(H,20,21). The normalized spacial score (nSPS) is 15.3. The summed E-state index contributed by atoms with van der Waals surface area (Å²) in [5, 5.41) is 18.2. The molecule has 5 nitrogen and oxygen atoms in total. The van der Waals surface area contributed by atoms with Crippen LogP contribution in [0.1, 0.15) is 78.6 Å². The third-order valence-corrected chi connectivity index (χ3v) is 3.86. The van der Waals surface area contributed by atoms with Crippen molar-refractivity contribution in [3.05, 3.63) is 0 Å². The summed E-state index contributed by atoms with van der Waals surface area (Å²) >= 11 is 0. The Morgan fingerprint density at radius 1 is 1.00 bits per heavy atom. The first-order valence-electron chi connectivity index (χ1n) is 9.15. The Bertz CT molecular complexity index is 281. The average Bonchev–Trinajstić information content (AvgIpc) is 2.51. The van der Waals surface area contributed by atoms with Gasteiger partial charge in [0.05, 0.1) is 18.8 Å². The van der Waals surface area contributed by atoms with Crippen molar-refractivity contribution in [2.75, 3.05) is 13.2 Å². The molecule has 0 aliphatic heterocycles. The molecule has 5 heteroatoms. The van der Waals surface area contributed by atoms with E-state index < -0.39 is 18.2 Å². The fourth-order valence-corrected chi connectivity index (χ4v) is 2.43. The summed E-state index contributed by atoms with van der Waals surface area (Å²) < 4.78 is 11.1. The fourth-order valence-electron chi connectivity index (χ4n) is 2.43. The highest BCUT2D eigenvalue weighted by atomic mass is 16.5. The Morgan fingerprint density at radius 3 is 2.26 bits per heavy atom. The second-order valence-corrected chi connectivity index (χ2v) is 6.26. The first-order chi connectivity index (χ1) is 11.0. The van der Waals surface area contributed by atoms with Gasteiger partial charge in [-0.05, 0) is 32.6 Å². The highest BCUT2D eigenvalue weighted by molar-refractivity contribution is 5.72. The van der Waals surface area contributed by atoms with Gasteiger partial charge in [-0.25, -0.2) is 4.79 Å². The number of unbranched alkanes of at least 4 members (excludes halogenated alkanes) is 4. The molecule has 3 atom stereocenters. The largest absolute Gasteiger partial charge is 0.479 e. The monoisotopic (exact) mass is 332 g/mol. The Kier molecular flexibility index (Phi) is 14.5. The highest BCUT2D eigenvalue weighted by Crippen LogP contribution is 2.13. The van der Waals surface area contributed by atoms with E-state index in [1.165, 1.54) is 32.1 Å². The Labute approximate surface area is 141 Å². The molecule has 2 N–H and O–H groups in total. The lowest BCUT2D eigenvalue weighted by molar-refractivity contribution is -0.152. The minimum Gasteiger partial charge on any atom is -0.479 e. The van der Waals surface area contributed by atoms with Crippen LogP contribution in [0, 0.1) is 0 Å². The number of hydrogen-bond acceptors (Lipinski definition) is 4. The topological polar surface area (TPSA) is 76.0 Å². The molecule has 3 unspecified atom stereocenters. The molecule has 0 aromatic heterocycles. The van der Waals surface area contributed by atoms with Crippen LogP contribution < -0.4 is 0 Å². The molecular weight excluding hydrogens is 296 g/mol. The summed E-state index contributed by atoms with van der Waals surface area (Å²) in [6.45, 7) is 6.53. The van der Waals surface area contributed by atoms with Crippen molar-refractivity contribution in [2.45, 2.75) is 96.9 Å². The summed E-state index contributed by atoms with van der Waals surface area (Å²) in [4.78, 5) is 11.1. The van der Waals surface area contributed by atoms with Crippen molar-refractivity contribution in [1.29, 1.82) is 0 Å². The number of carboxylic acids is 1. The van der Waals surface area contributed by atoms with Gasteiger partial charge in [-0.3, -0.25) is 0 Å². The lowest BCUT2D eigenvalue weighted by Gasteiger charge is -2.18. The van der Waals surface area contributed by atoms with Crippen molar-refractivity contribution in [1.82, 2.24) is 0 Å². The number of aliphatic hydroxyl groups excluding tert-OH is 1. The molecular formula is C18H36O5. The van der Waals surface area contributed by atoms with E-state index >= 15 is 0 Å². The maximum atomic E-state index is 11.1. The molecule has 23 heavy (non-hydrogen) atoms. The van der Waals surface area contributed by atoms with Crippen LogP contribution in [0.3, 0.4) is 0 Å². The molecule has 0 bridgehead atoms. The molecule has 0 spiro atoms. The molecule has 138 valence electrons. The molecule has 0 heterocycles. The van der Waals surface area contributed by atoms with Gasteiger partial charge in [-0.1, -0.05) is 46.0 Å². The van der Waals surface area contributed by atoms with Gasteiger partial charge in [0.25, 0.3) is 0 Å². The molecule has 0 saturated heterocycles. The SMILES string of the molecule is CCCCCCCC(CC)OCCCC(OCC(C)O)C(=O)O. The van der Waals surface area contributed by atoms with E-state index in [9.17, 15) is 4.79 Å². The van der Waals surface area contributed by atoms with Crippen LogP contribution in [-0.4, -0.2) is 47.7 Å². The van der Waals surface area contributed by atoms with Gasteiger partial charge in [0, 0.05) is 6.61 Å². The van der Waals surface area contributed by atoms with Crippen molar-refractivity contribution < 1.29 is 24.5 Å². The predicted molar refractivity (Wildman–Crippen MR) is 91.7 cm³/mol. The van der Waals surface area contributed by atoms with Gasteiger partial charge in [0.1, 0.15) is 0 Å². The Balaban J connectivity index is 3.80. The van der Waals surface area contributed by atoms with Crippen LogP contribution in [0.4, 0.5) is 0 Å². The van der Waals surface area contributed by atoms with Gasteiger partial charge in [-0.2, -0.15) is 0 Å². The maximum Gasteiger partial charge on any atom is 0.332 e. The van der Waals surface area contributed by atoms with Crippen LogP contribution in [0.5, 0.6) is 0 Å². The van der Waals surface area contributed by atoms with Crippen LogP contribution in [0.15, 0.2) is 0 Å². The third kappa shape index (κ3) is 13.5. The average molecular weight is 332 g/mol. The van der Waals surface area contributed by atoms with Crippen LogP contribution in [0.2, 0.25) is 0 Å². The summed E-state index contributed by atoms with van der Waals surface area (Å²) in [7, 11) is 0. The molecule has 0 rings (SSSR count). The zero-order valence-corrected chi connectivity index (χ0v) is 15.1. The molecule has 0 saturated carbocycles. The van der Waals surface area contributed by atoms with Crippen molar-refractivity contribution >= 4 is 5.97 Å². The fraction of sp³-hybridized carbons (Fsp3) is 0.944. The Hall–Kier alpha value is -0.650. The smallest absolute Gasteiger partial charge is 0.332 e. The Morgan fingerprint density at radius 2 is 1.70 bits per heavy atom. The number of rotatable bonds is 16. The lowest BCUT2D eigenvalue weighted by atomic mass is 10.1. The summed E-state index contributed by atoms with van der Waals surface area (Å²) in [5.41, 5.74) is 0. The maximum absolute atomic E-state index is 11.1. The van der Waals surface area contributed by atoms with Gasteiger partial charge in [0.15, 0.2) is 6.10 Å². The molecule has 0 aliphatic rings. The van der Waals surface area contributed by atoms with E-state index in [2.05, 4.69) is 13.8 Å². The summed E-state index contributed by atoms with van der Waals surface area (Å²) in [6, 6.07) is 0. The second-order valence-electron chi connectivity index (χ2n) is 6.26. The minimum atomic E-state index is -0.978. The van der Waals surface area contributed by atoms with Crippen LogP contribution >= 0.6 is 0 Å². The first kappa shape index (κ1) is 22.4. The number of hydrogen-bond donors (Lipinski definition) is 2. The van der Waals surface area contributed by atoms with Gasteiger partial charge in [-0.15, -0.1) is 0 Å². The second kappa shape index (κ2) is 14.9. The molecule has 0 aromatic rings. The van der Waals surface area contributed by atoms with E-state index in [1.807, 2.05) is 0 Å². The molecule has 0 aromatic carbocycles. The third-order valence-electron chi connectivity index (χ3n) is 3.86. The zero-order chi connectivity index (χ0) is 17.5. The number of ether oxygens (including phenoxy) is 2. The van der Waals surface area contributed by atoms with Crippen LogP contribution in [-0.2, 0) is 14.3 Å². The van der Waals surface area contributed by atoms with Gasteiger partial charge < -0.3 is 19.7 Å². The minimum absolute atomic E-state index is 0.0488. The van der Waals surface area contributed by atoms with Gasteiger partial charge in [0.2, 0.25) is 0 Å². The number of aliphatic carboxylic acids is 1. The van der Waals surface area contributed by atoms with Crippen LogP contribution in [0.25, 0.3) is 0 Å². The predicted octanol–water partition coefficient (Wildman–Crippen LogP) is 3.77. The van der Waals surface area contributed by atoms with Crippen molar-refractivity contribution in [3.8, 4) is 0 Å². The summed E-state index contributed by atoms with van der Waals surface area (Å²) in [5.74, 6) is -0.978. The molecule has 0 aliphatic carbocycles. The van der Waals surface area contributed by atoms with E-state index in [0.29, 0.717) is 19.4 Å². The molecule has 0 amide bonds. The van der Waals surface area contributed by atoms with Crippen molar-refractivity contribution in [3.63, 3.8) is 0 Å². The van der Waals surface area contributed by atoms with E-state index in [-0.39, 0.29) is 12.7 Å². The van der Waals surface area contributed by atoms with E-state index in [1.54, 1.807) is 6.92 Å². The van der Waals surface area contributed by atoms with Crippen molar-refractivity contribution in [2.24, 2.45) is 0 Å². The zero-order valence-electron chi connectivity index (χ0n) is 15.1. The number of carboxylic acid groups (broad SMARTS) is 1. The lowest BCUT2D eigenvalue weighted by Crippen LogP contribution is -2.28. The van der Waals surface area contributed by atoms with Gasteiger partial charge >= 0.3 is 5.97 Å². The number of carbonyl (C=O) groups is 1. The van der Waals surface area contributed by atoms with E-state index in [4.69, 9.17) is 19.7 Å².